The molecule has 0 heterocycles. The van der Waals surface area contributed by atoms with Crippen LogP contribution in [-0.2, 0) is 33.5 Å². The number of carbonyl (C=O) groups is 1. The van der Waals surface area contributed by atoms with Crippen LogP contribution in [0.2, 0.25) is 0 Å². The molecular formula is C21H27BrN2O3S. The van der Waals surface area contributed by atoms with Crippen LogP contribution < -0.4 is 5.32 Å². The molecular weight excluding hydrogens is 440 g/mol. The number of hydrogen-bond acceptors (Lipinski definition) is 4. The third-order valence-electron chi connectivity index (χ3n) is 4.52. The zero-order chi connectivity index (χ0) is 20.7. The summed E-state index contributed by atoms with van der Waals surface area (Å²) in [6.07, 6.45) is 0. The van der Waals surface area contributed by atoms with E-state index in [1.807, 2.05) is 30.3 Å². The fraction of sp³-hybridized carbons (Fsp3) is 0.381. The van der Waals surface area contributed by atoms with Gasteiger partial charge in [-0.25, -0.2) is 8.42 Å². The molecule has 0 atom stereocenters. The number of nitrogens with zero attached hydrogens (tertiary/aromatic N) is 1. The van der Waals surface area contributed by atoms with Crippen molar-refractivity contribution >= 4 is 31.7 Å². The van der Waals surface area contributed by atoms with Crippen molar-refractivity contribution in [1.82, 2.24) is 10.2 Å². The van der Waals surface area contributed by atoms with Gasteiger partial charge in [-0.05, 0) is 49.7 Å². The fourth-order valence-electron chi connectivity index (χ4n) is 2.71. The average molecular weight is 467 g/mol. The smallest absolute Gasteiger partial charge is 0.235 e. The van der Waals surface area contributed by atoms with Crippen molar-refractivity contribution in [3.8, 4) is 0 Å². The topological polar surface area (TPSA) is 66.5 Å². The average Bonchev–Trinajstić information content (AvgIpc) is 2.60. The lowest BCUT2D eigenvalue weighted by Crippen LogP contribution is -2.31. The molecule has 0 fully saturated rings. The van der Waals surface area contributed by atoms with Crippen LogP contribution in [0.3, 0.4) is 0 Å². The number of nitrogens with one attached hydrogen (secondary N) is 1. The number of sulfone groups is 1. The van der Waals surface area contributed by atoms with Gasteiger partial charge >= 0.3 is 0 Å². The first kappa shape index (κ1) is 22.6. The zero-order valence-corrected chi connectivity index (χ0v) is 18.9. The Morgan fingerprint density at radius 2 is 1.79 bits per heavy atom. The van der Waals surface area contributed by atoms with Gasteiger partial charge in [0.15, 0.2) is 9.84 Å². The second-order valence-electron chi connectivity index (χ2n) is 7.22. The molecule has 0 aliphatic rings. The first-order valence-electron chi connectivity index (χ1n) is 9.15. The summed E-state index contributed by atoms with van der Waals surface area (Å²) in [6.45, 7) is 5.33. The highest BCUT2D eigenvalue weighted by atomic mass is 79.9. The third-order valence-corrected chi connectivity index (χ3v) is 6.49. The molecule has 0 bridgehead atoms. The van der Waals surface area contributed by atoms with Crippen molar-refractivity contribution in [2.75, 3.05) is 12.8 Å². The molecule has 0 saturated heterocycles. The Labute approximate surface area is 176 Å². The molecule has 0 aromatic heterocycles. The Kier molecular flexibility index (Phi) is 8.22. The minimum atomic E-state index is -3.54. The maximum Gasteiger partial charge on any atom is 0.235 e. The van der Waals surface area contributed by atoms with Gasteiger partial charge in [0.05, 0.1) is 5.75 Å². The van der Waals surface area contributed by atoms with Gasteiger partial charge < -0.3 is 5.32 Å². The van der Waals surface area contributed by atoms with E-state index in [4.69, 9.17) is 0 Å². The van der Waals surface area contributed by atoms with Gasteiger partial charge in [-0.2, -0.15) is 0 Å². The molecule has 152 valence electrons. The molecule has 28 heavy (non-hydrogen) atoms. The van der Waals surface area contributed by atoms with Crippen LogP contribution in [0.15, 0.2) is 53.0 Å². The molecule has 5 nitrogen and oxygen atoms in total. The van der Waals surface area contributed by atoms with Crippen LogP contribution in [0.1, 0.15) is 30.5 Å². The van der Waals surface area contributed by atoms with Gasteiger partial charge in [-0.15, -0.1) is 0 Å². The summed E-state index contributed by atoms with van der Waals surface area (Å²) in [5.74, 6) is -1.16. The summed E-state index contributed by atoms with van der Waals surface area (Å²) < 4.78 is 25.5. The molecule has 2 aromatic carbocycles. The highest BCUT2D eigenvalue weighted by Crippen LogP contribution is 2.15. The predicted molar refractivity (Wildman–Crippen MR) is 117 cm³/mol. The summed E-state index contributed by atoms with van der Waals surface area (Å²) in [7, 11) is -1.49. The van der Waals surface area contributed by atoms with Gasteiger partial charge in [0, 0.05) is 23.6 Å². The number of amides is 1. The minimum absolute atomic E-state index is 0.157. The van der Waals surface area contributed by atoms with E-state index in [0.29, 0.717) is 18.2 Å². The van der Waals surface area contributed by atoms with Crippen LogP contribution >= 0.6 is 15.9 Å². The van der Waals surface area contributed by atoms with E-state index in [1.165, 1.54) is 0 Å². The molecule has 0 radical (unpaired) electrons. The Morgan fingerprint density at radius 1 is 1.11 bits per heavy atom. The molecule has 1 N–H and O–H groups in total. The molecule has 2 aromatic rings. The summed E-state index contributed by atoms with van der Waals surface area (Å²) >= 11 is 3.33. The number of rotatable bonds is 9. The lowest BCUT2D eigenvalue weighted by atomic mass is 10.1. The summed E-state index contributed by atoms with van der Waals surface area (Å²) in [6, 6.07) is 15.4. The SMILES string of the molecule is CC(C)N(C)Cc1ccccc1CNC(=O)CS(=O)(=O)Cc1cccc(Br)c1. The molecule has 0 unspecified atom stereocenters. The number of halogens is 1. The summed E-state index contributed by atoms with van der Waals surface area (Å²) in [4.78, 5) is 14.4. The van der Waals surface area contributed by atoms with Gasteiger partial charge in [-0.1, -0.05) is 52.3 Å². The van der Waals surface area contributed by atoms with Crippen LogP contribution in [0.25, 0.3) is 0 Å². The zero-order valence-electron chi connectivity index (χ0n) is 16.5. The first-order valence-corrected chi connectivity index (χ1v) is 11.8. The Morgan fingerprint density at radius 3 is 2.43 bits per heavy atom. The predicted octanol–water partition coefficient (Wildman–Crippen LogP) is 3.52. The van der Waals surface area contributed by atoms with E-state index in [-0.39, 0.29) is 5.75 Å². The maximum absolute atomic E-state index is 12.3. The monoisotopic (exact) mass is 466 g/mol. The Balaban J connectivity index is 1.95. The number of carbonyl (C=O) groups excluding carboxylic acids is 1. The molecule has 7 heteroatoms. The van der Waals surface area contributed by atoms with Gasteiger partial charge in [0.1, 0.15) is 5.75 Å². The normalized spacial score (nSPS) is 11.8. The van der Waals surface area contributed by atoms with Crippen molar-refractivity contribution in [2.24, 2.45) is 0 Å². The van der Waals surface area contributed by atoms with Crippen LogP contribution in [0, 0.1) is 0 Å². The standard InChI is InChI=1S/C21H27BrN2O3S/c1-16(2)24(3)13-19-9-5-4-8-18(19)12-23-21(25)15-28(26,27)14-17-7-6-10-20(22)11-17/h4-11,16H,12-15H2,1-3H3,(H,23,25). The highest BCUT2D eigenvalue weighted by Gasteiger charge is 2.18. The van der Waals surface area contributed by atoms with Crippen molar-refractivity contribution in [1.29, 1.82) is 0 Å². The number of benzene rings is 2. The highest BCUT2D eigenvalue weighted by molar-refractivity contribution is 9.10. The van der Waals surface area contributed by atoms with Gasteiger partial charge in [0.2, 0.25) is 5.91 Å². The number of hydrogen-bond donors (Lipinski definition) is 1. The Hall–Kier alpha value is -1.70. The fourth-order valence-corrected chi connectivity index (χ4v) is 4.45. The first-order chi connectivity index (χ1) is 13.2. The molecule has 0 aliphatic carbocycles. The molecule has 0 saturated carbocycles. The van der Waals surface area contributed by atoms with E-state index in [9.17, 15) is 13.2 Å². The maximum atomic E-state index is 12.3. The second-order valence-corrected chi connectivity index (χ2v) is 10.2. The van der Waals surface area contributed by atoms with Crippen molar-refractivity contribution in [3.63, 3.8) is 0 Å². The largest absolute Gasteiger partial charge is 0.351 e. The van der Waals surface area contributed by atoms with E-state index in [2.05, 4.69) is 47.0 Å². The summed E-state index contributed by atoms with van der Waals surface area (Å²) in [5.41, 5.74) is 2.77. The molecule has 2 rings (SSSR count). The van der Waals surface area contributed by atoms with Gasteiger partial charge in [0.25, 0.3) is 0 Å². The van der Waals surface area contributed by atoms with Crippen LogP contribution in [0.4, 0.5) is 0 Å². The Bertz CT molecular complexity index is 913. The van der Waals surface area contributed by atoms with Crippen LogP contribution in [-0.4, -0.2) is 38.1 Å². The molecule has 0 spiro atoms. The molecule has 0 aliphatic heterocycles. The van der Waals surface area contributed by atoms with Crippen molar-refractivity contribution < 1.29 is 13.2 Å². The van der Waals surface area contributed by atoms with E-state index < -0.39 is 21.5 Å². The van der Waals surface area contributed by atoms with Gasteiger partial charge in [-0.3, -0.25) is 9.69 Å². The minimum Gasteiger partial charge on any atom is -0.351 e. The van der Waals surface area contributed by atoms with E-state index in [1.54, 1.807) is 18.2 Å². The van der Waals surface area contributed by atoms with Crippen molar-refractivity contribution in [3.05, 3.63) is 69.7 Å². The van der Waals surface area contributed by atoms with E-state index >= 15 is 0 Å². The quantitative estimate of drug-likeness (QED) is 0.613. The molecule has 1 amide bonds. The summed E-state index contributed by atoms with van der Waals surface area (Å²) in [5, 5.41) is 2.75. The lowest BCUT2D eigenvalue weighted by molar-refractivity contribution is -0.118. The van der Waals surface area contributed by atoms with E-state index in [0.717, 1.165) is 22.1 Å². The van der Waals surface area contributed by atoms with Crippen molar-refractivity contribution in [2.45, 2.75) is 38.7 Å². The lowest BCUT2D eigenvalue weighted by Gasteiger charge is -2.22. The second kappa shape index (κ2) is 10.2. The third kappa shape index (κ3) is 7.37. The van der Waals surface area contributed by atoms with Crippen LogP contribution in [0.5, 0.6) is 0 Å².